The maximum Gasteiger partial charge on any atom is 0.274 e. The Morgan fingerprint density at radius 1 is 1.15 bits per heavy atom. The Bertz CT molecular complexity index is 1400. The molecule has 0 radical (unpaired) electrons. The van der Waals surface area contributed by atoms with Crippen molar-refractivity contribution in [1.29, 1.82) is 0 Å². The zero-order chi connectivity index (χ0) is 24.6. The maximum atomic E-state index is 13.4. The first-order valence-electron chi connectivity index (χ1n) is 10.5. The van der Waals surface area contributed by atoms with Gasteiger partial charge in [0.25, 0.3) is 11.8 Å². The van der Waals surface area contributed by atoms with Crippen LogP contribution >= 0.6 is 27.5 Å². The molecular formula is C23H23BrClN7O2. The second-order valence-electron chi connectivity index (χ2n) is 8.99. The molecule has 0 spiro atoms. The molecule has 0 aliphatic heterocycles. The van der Waals surface area contributed by atoms with Gasteiger partial charge in [-0.2, -0.15) is 10.2 Å². The highest BCUT2D eigenvalue weighted by molar-refractivity contribution is 9.10. The van der Waals surface area contributed by atoms with Crippen molar-refractivity contribution < 1.29 is 9.59 Å². The fraction of sp³-hybridized carbons (Fsp3) is 0.261. The van der Waals surface area contributed by atoms with E-state index in [1.165, 1.54) is 9.20 Å². The number of anilines is 1. The predicted molar refractivity (Wildman–Crippen MR) is 134 cm³/mol. The summed E-state index contributed by atoms with van der Waals surface area (Å²) in [6.45, 7) is 8.35. The summed E-state index contributed by atoms with van der Waals surface area (Å²) >= 11 is 9.60. The molecule has 0 saturated heterocycles. The fourth-order valence-electron chi connectivity index (χ4n) is 3.38. The number of hydrogen-bond donors (Lipinski definition) is 2. The molecule has 0 bridgehead atoms. The quantitative estimate of drug-likeness (QED) is 0.380. The van der Waals surface area contributed by atoms with Crippen LogP contribution in [0.1, 0.15) is 47.3 Å². The van der Waals surface area contributed by atoms with Gasteiger partial charge in [0.1, 0.15) is 10.3 Å². The Morgan fingerprint density at radius 2 is 1.91 bits per heavy atom. The summed E-state index contributed by atoms with van der Waals surface area (Å²) in [5.74, 6) is -0.521. The van der Waals surface area contributed by atoms with Crippen molar-refractivity contribution in [3.05, 3.63) is 69.3 Å². The van der Waals surface area contributed by atoms with Gasteiger partial charge in [0.05, 0.1) is 22.4 Å². The minimum absolute atomic E-state index is 0.118. The molecule has 4 heterocycles. The van der Waals surface area contributed by atoms with E-state index in [1.54, 1.807) is 36.7 Å². The number of hydrogen-bond acceptors (Lipinski definition) is 5. The normalized spacial score (nSPS) is 11.6. The summed E-state index contributed by atoms with van der Waals surface area (Å²) in [7, 11) is 0. The highest BCUT2D eigenvalue weighted by Crippen LogP contribution is 2.26. The van der Waals surface area contributed by atoms with E-state index >= 15 is 0 Å². The number of pyridine rings is 2. The first-order chi connectivity index (χ1) is 16.0. The molecule has 4 aromatic rings. The van der Waals surface area contributed by atoms with Crippen molar-refractivity contribution in [1.82, 2.24) is 29.7 Å². The van der Waals surface area contributed by atoms with E-state index in [1.807, 2.05) is 33.8 Å². The molecule has 2 amide bonds. The van der Waals surface area contributed by atoms with E-state index < -0.39 is 5.91 Å². The van der Waals surface area contributed by atoms with E-state index in [4.69, 9.17) is 11.6 Å². The van der Waals surface area contributed by atoms with E-state index in [-0.39, 0.29) is 22.7 Å². The second-order valence-corrected chi connectivity index (χ2v) is 10.2. The highest BCUT2D eigenvalue weighted by Gasteiger charge is 2.25. The molecule has 34 heavy (non-hydrogen) atoms. The number of nitrogens with one attached hydrogen (secondary N) is 2. The lowest BCUT2D eigenvalue weighted by Crippen LogP contribution is -2.34. The van der Waals surface area contributed by atoms with Gasteiger partial charge in [-0.1, -0.05) is 32.4 Å². The van der Waals surface area contributed by atoms with Gasteiger partial charge in [0.15, 0.2) is 11.5 Å². The lowest BCUT2D eigenvalue weighted by molar-refractivity contribution is 0.0932. The van der Waals surface area contributed by atoms with Gasteiger partial charge in [-0.3, -0.25) is 9.59 Å². The number of aromatic nitrogens is 5. The first-order valence-corrected chi connectivity index (χ1v) is 11.7. The molecule has 0 unspecified atom stereocenters. The molecule has 4 aromatic heterocycles. The van der Waals surface area contributed by atoms with Crippen LogP contribution in [0.15, 0.2) is 47.3 Å². The topological polar surface area (TPSA) is 106 Å². The lowest BCUT2D eigenvalue weighted by atomic mass is 9.97. The zero-order valence-electron chi connectivity index (χ0n) is 19.1. The summed E-state index contributed by atoms with van der Waals surface area (Å²) in [4.78, 5) is 30.9. The Labute approximate surface area is 209 Å². The molecule has 0 aliphatic rings. The van der Waals surface area contributed by atoms with Gasteiger partial charge in [0.2, 0.25) is 0 Å². The highest BCUT2D eigenvalue weighted by atomic mass is 79.9. The van der Waals surface area contributed by atoms with Crippen LogP contribution in [-0.2, 0) is 0 Å². The number of carbonyl (C=O) groups is 2. The number of aryl methyl sites for hydroxylation is 1. The SMILES string of the molecule is Cc1cc2ccnn2c(C(=O)NCC(C)(C)C)c1NC(=O)c1cc(Br)nn1-c1ncccc1Cl. The molecule has 0 aliphatic carbocycles. The zero-order valence-corrected chi connectivity index (χ0v) is 21.4. The summed E-state index contributed by atoms with van der Waals surface area (Å²) in [6.07, 6.45) is 3.17. The van der Waals surface area contributed by atoms with E-state index in [0.717, 1.165) is 5.52 Å². The number of rotatable bonds is 5. The second kappa shape index (κ2) is 9.19. The summed E-state index contributed by atoms with van der Waals surface area (Å²) in [5.41, 5.74) is 2.11. The third-order valence-electron chi connectivity index (χ3n) is 4.96. The van der Waals surface area contributed by atoms with E-state index in [2.05, 4.69) is 41.7 Å². The van der Waals surface area contributed by atoms with Crippen molar-refractivity contribution in [3.63, 3.8) is 0 Å². The largest absolute Gasteiger partial charge is 0.350 e. The maximum absolute atomic E-state index is 13.4. The number of amides is 2. The Hall–Kier alpha value is -3.24. The number of nitrogens with zero attached hydrogens (tertiary/aromatic N) is 5. The van der Waals surface area contributed by atoms with Gasteiger partial charge in [0, 0.05) is 18.8 Å². The summed E-state index contributed by atoms with van der Waals surface area (Å²) < 4.78 is 3.30. The van der Waals surface area contributed by atoms with Crippen LogP contribution in [0.3, 0.4) is 0 Å². The molecule has 4 rings (SSSR count). The third-order valence-corrected chi connectivity index (χ3v) is 5.65. The van der Waals surface area contributed by atoms with Gasteiger partial charge in [-0.15, -0.1) is 0 Å². The third kappa shape index (κ3) is 4.83. The van der Waals surface area contributed by atoms with Gasteiger partial charge >= 0.3 is 0 Å². The van der Waals surface area contributed by atoms with Gasteiger partial charge in [-0.05, 0) is 58.1 Å². The van der Waals surface area contributed by atoms with Crippen LogP contribution < -0.4 is 10.6 Å². The van der Waals surface area contributed by atoms with Crippen molar-refractivity contribution in [3.8, 4) is 5.82 Å². The van der Waals surface area contributed by atoms with Crippen LogP contribution in [0.25, 0.3) is 11.3 Å². The first kappa shape index (κ1) is 23.9. The van der Waals surface area contributed by atoms with Crippen LogP contribution in [0.5, 0.6) is 0 Å². The standard InChI is InChI=1S/C23H23BrClN7O2/c1-13-10-14-7-9-28-31(14)19(22(34)27-12-23(2,3)4)18(13)29-21(33)16-11-17(24)30-32(16)20-15(25)6-5-8-26-20/h5-11H,12H2,1-4H3,(H,27,34)(H,29,33). The smallest absolute Gasteiger partial charge is 0.274 e. The monoisotopic (exact) mass is 543 g/mol. The molecule has 2 N–H and O–H groups in total. The van der Waals surface area contributed by atoms with E-state index in [9.17, 15) is 9.59 Å². The molecule has 176 valence electrons. The predicted octanol–water partition coefficient (Wildman–Crippen LogP) is 4.67. The van der Waals surface area contributed by atoms with Gasteiger partial charge in [-0.25, -0.2) is 14.2 Å². The minimum Gasteiger partial charge on any atom is -0.350 e. The molecule has 9 nitrogen and oxygen atoms in total. The molecule has 11 heteroatoms. The molecular weight excluding hydrogens is 522 g/mol. The number of halogens is 2. The fourth-order valence-corrected chi connectivity index (χ4v) is 3.96. The lowest BCUT2D eigenvalue weighted by Gasteiger charge is -2.20. The Morgan fingerprint density at radius 3 is 2.62 bits per heavy atom. The van der Waals surface area contributed by atoms with Gasteiger partial charge < -0.3 is 10.6 Å². The van der Waals surface area contributed by atoms with Crippen molar-refractivity contribution >= 4 is 50.5 Å². The van der Waals surface area contributed by atoms with Crippen LogP contribution in [0.4, 0.5) is 5.69 Å². The van der Waals surface area contributed by atoms with Crippen LogP contribution in [0, 0.1) is 12.3 Å². The van der Waals surface area contributed by atoms with Crippen molar-refractivity contribution in [2.45, 2.75) is 27.7 Å². The molecule has 0 aromatic carbocycles. The summed E-state index contributed by atoms with van der Waals surface area (Å²) in [6, 6.07) is 8.56. The average Bonchev–Trinajstić information content (AvgIpc) is 3.38. The van der Waals surface area contributed by atoms with Crippen molar-refractivity contribution in [2.24, 2.45) is 5.41 Å². The number of fused-ring (bicyclic) bond motifs is 1. The molecule has 0 saturated carbocycles. The average molecular weight is 545 g/mol. The van der Waals surface area contributed by atoms with Crippen LogP contribution in [0.2, 0.25) is 5.02 Å². The van der Waals surface area contributed by atoms with E-state index in [0.29, 0.717) is 33.2 Å². The molecule has 0 atom stereocenters. The van der Waals surface area contributed by atoms with Crippen molar-refractivity contribution in [2.75, 3.05) is 11.9 Å². The Kier molecular flexibility index (Phi) is 6.46. The molecule has 0 fully saturated rings. The minimum atomic E-state index is -0.487. The summed E-state index contributed by atoms with van der Waals surface area (Å²) in [5, 5.41) is 14.8. The Balaban J connectivity index is 1.76. The number of carbonyl (C=O) groups excluding carboxylic acids is 2. The van der Waals surface area contributed by atoms with Crippen LogP contribution in [-0.4, -0.2) is 42.7 Å².